The first-order valence-electron chi connectivity index (χ1n) is 9.55. The van der Waals surface area contributed by atoms with Crippen LogP contribution in [0.4, 0.5) is 0 Å². The molecule has 9 nitrogen and oxygen atoms in total. The molecule has 2 rings (SSSR count). The summed E-state index contributed by atoms with van der Waals surface area (Å²) in [6.07, 6.45) is 0. The highest BCUT2D eigenvalue weighted by Crippen LogP contribution is 2.26. The van der Waals surface area contributed by atoms with Gasteiger partial charge in [0.2, 0.25) is 15.9 Å². The lowest BCUT2D eigenvalue weighted by atomic mass is 10.1. The lowest BCUT2D eigenvalue weighted by molar-refractivity contribution is -0.122. The van der Waals surface area contributed by atoms with Gasteiger partial charge < -0.3 is 19.7 Å². The maximum atomic E-state index is 13.1. The van der Waals surface area contributed by atoms with Gasteiger partial charge in [0.05, 0.1) is 37.3 Å². The van der Waals surface area contributed by atoms with Gasteiger partial charge in [0.1, 0.15) is 5.75 Å². The molecule has 0 radical (unpaired) electrons. The Hall–Kier alpha value is -2.17. The van der Waals surface area contributed by atoms with Gasteiger partial charge in [0, 0.05) is 25.7 Å². The Kier molecular flexibility index (Phi) is 8.00. The van der Waals surface area contributed by atoms with E-state index >= 15 is 0 Å². The van der Waals surface area contributed by atoms with E-state index in [2.05, 4.69) is 5.32 Å². The van der Waals surface area contributed by atoms with Crippen LogP contribution in [0.5, 0.6) is 5.75 Å². The lowest BCUT2D eigenvalue weighted by Crippen LogP contribution is -2.43. The Bertz CT molecular complexity index is 834. The molecule has 162 valence electrons. The van der Waals surface area contributed by atoms with Crippen LogP contribution in [0.1, 0.15) is 31.1 Å². The average Bonchev–Trinajstić information content (AvgIpc) is 2.71. The van der Waals surface area contributed by atoms with Gasteiger partial charge in [-0.25, -0.2) is 8.42 Å². The van der Waals surface area contributed by atoms with Crippen molar-refractivity contribution in [3.05, 3.63) is 23.8 Å². The Morgan fingerprint density at radius 2 is 1.93 bits per heavy atom. The van der Waals surface area contributed by atoms with E-state index < -0.39 is 15.9 Å². The van der Waals surface area contributed by atoms with E-state index in [-0.39, 0.29) is 54.3 Å². The first kappa shape index (κ1) is 23.1. The van der Waals surface area contributed by atoms with Crippen LogP contribution in [0, 0.1) is 0 Å². The number of morpholine rings is 1. The van der Waals surface area contributed by atoms with Gasteiger partial charge >= 0.3 is 0 Å². The number of hydrogen-bond acceptors (Lipinski definition) is 6. The molecule has 0 atom stereocenters. The molecule has 1 aliphatic rings. The van der Waals surface area contributed by atoms with E-state index in [1.54, 1.807) is 6.92 Å². The molecule has 0 saturated carbocycles. The molecule has 0 bridgehead atoms. The van der Waals surface area contributed by atoms with Crippen LogP contribution in [0.3, 0.4) is 0 Å². The van der Waals surface area contributed by atoms with Gasteiger partial charge in [-0.15, -0.1) is 0 Å². The zero-order chi connectivity index (χ0) is 21.6. The summed E-state index contributed by atoms with van der Waals surface area (Å²) < 4.78 is 37.7. The van der Waals surface area contributed by atoms with Crippen LogP contribution in [0.15, 0.2) is 23.1 Å². The molecule has 1 saturated heterocycles. The van der Waals surface area contributed by atoms with E-state index in [9.17, 15) is 18.0 Å². The number of ether oxygens (including phenoxy) is 2. The summed E-state index contributed by atoms with van der Waals surface area (Å²) in [5, 5.41) is 2.74. The van der Waals surface area contributed by atoms with Crippen LogP contribution in [0.25, 0.3) is 0 Å². The van der Waals surface area contributed by atoms with E-state index in [0.717, 1.165) is 0 Å². The number of benzene rings is 1. The quantitative estimate of drug-likeness (QED) is 0.655. The summed E-state index contributed by atoms with van der Waals surface area (Å²) in [5.74, 6) is -0.507. The molecular weight excluding hydrogens is 398 g/mol. The highest BCUT2D eigenvalue weighted by molar-refractivity contribution is 7.89. The Balaban J connectivity index is 2.33. The van der Waals surface area contributed by atoms with Crippen molar-refractivity contribution in [2.45, 2.75) is 31.7 Å². The standard InChI is InChI=1S/C19H29N3O6S/c1-5-21(13-18(23)20-14(2)3)19(24)16-12-15(6-7-17(16)27-4)29(25,26)22-8-10-28-11-9-22/h6-7,12,14H,5,8-11,13H2,1-4H3,(H,20,23). The molecular formula is C19H29N3O6S. The molecule has 0 aromatic heterocycles. The van der Waals surface area contributed by atoms with Crippen molar-refractivity contribution in [1.82, 2.24) is 14.5 Å². The number of methoxy groups -OCH3 is 1. The molecule has 0 spiro atoms. The van der Waals surface area contributed by atoms with Crippen molar-refractivity contribution in [3.63, 3.8) is 0 Å². The summed E-state index contributed by atoms with van der Waals surface area (Å²) in [7, 11) is -2.36. The van der Waals surface area contributed by atoms with Crippen molar-refractivity contribution in [2.24, 2.45) is 0 Å². The fraction of sp³-hybridized carbons (Fsp3) is 0.579. The SMILES string of the molecule is CCN(CC(=O)NC(C)C)C(=O)c1cc(S(=O)(=O)N2CCOCC2)ccc1OC. The predicted octanol–water partition coefficient (Wildman–Crippen LogP) is 0.703. The fourth-order valence-electron chi connectivity index (χ4n) is 2.99. The third kappa shape index (κ3) is 5.68. The van der Waals surface area contributed by atoms with Gasteiger partial charge in [0.15, 0.2) is 0 Å². The third-order valence-corrected chi connectivity index (χ3v) is 6.36. The number of sulfonamides is 1. The summed E-state index contributed by atoms with van der Waals surface area (Å²) in [4.78, 5) is 26.5. The van der Waals surface area contributed by atoms with Gasteiger partial charge in [-0.05, 0) is 39.0 Å². The number of hydrogen-bond donors (Lipinski definition) is 1. The molecule has 1 N–H and O–H groups in total. The minimum Gasteiger partial charge on any atom is -0.496 e. The second-order valence-corrected chi connectivity index (χ2v) is 8.86. The van der Waals surface area contributed by atoms with E-state index in [0.29, 0.717) is 13.2 Å². The Labute approximate surface area is 172 Å². The van der Waals surface area contributed by atoms with Crippen molar-refractivity contribution in [3.8, 4) is 5.75 Å². The number of likely N-dealkylation sites (N-methyl/N-ethyl adjacent to an activating group) is 1. The second-order valence-electron chi connectivity index (χ2n) is 6.92. The predicted molar refractivity (Wildman–Crippen MR) is 107 cm³/mol. The maximum Gasteiger partial charge on any atom is 0.258 e. The maximum absolute atomic E-state index is 13.1. The molecule has 1 aliphatic heterocycles. The minimum atomic E-state index is -3.77. The number of nitrogens with zero attached hydrogens (tertiary/aromatic N) is 2. The van der Waals surface area contributed by atoms with E-state index in [4.69, 9.17) is 9.47 Å². The van der Waals surface area contributed by atoms with Gasteiger partial charge in [-0.3, -0.25) is 9.59 Å². The van der Waals surface area contributed by atoms with E-state index in [1.807, 2.05) is 13.8 Å². The molecule has 1 fully saturated rings. The average molecular weight is 428 g/mol. The molecule has 2 amide bonds. The second kappa shape index (κ2) is 10.0. The van der Waals surface area contributed by atoms with E-state index in [1.165, 1.54) is 34.5 Å². The largest absolute Gasteiger partial charge is 0.496 e. The third-order valence-electron chi connectivity index (χ3n) is 4.46. The Morgan fingerprint density at radius 3 is 2.48 bits per heavy atom. The summed E-state index contributed by atoms with van der Waals surface area (Å²) in [6.45, 7) is 6.75. The summed E-state index contributed by atoms with van der Waals surface area (Å²) in [5.41, 5.74) is 0.0982. The number of rotatable bonds is 8. The first-order valence-corrected chi connectivity index (χ1v) is 11.0. The van der Waals surface area contributed by atoms with Crippen LogP contribution in [-0.4, -0.2) is 82.0 Å². The van der Waals surface area contributed by atoms with Gasteiger partial charge in [0.25, 0.3) is 5.91 Å². The monoisotopic (exact) mass is 427 g/mol. The minimum absolute atomic E-state index is 0.00577. The zero-order valence-corrected chi connectivity index (χ0v) is 18.1. The number of carbonyl (C=O) groups is 2. The highest BCUT2D eigenvalue weighted by atomic mass is 32.2. The highest BCUT2D eigenvalue weighted by Gasteiger charge is 2.29. The van der Waals surface area contributed by atoms with Crippen LogP contribution < -0.4 is 10.1 Å². The lowest BCUT2D eigenvalue weighted by Gasteiger charge is -2.27. The first-order chi connectivity index (χ1) is 13.7. The Morgan fingerprint density at radius 1 is 1.28 bits per heavy atom. The van der Waals surface area contributed by atoms with Crippen LogP contribution >= 0.6 is 0 Å². The number of carbonyl (C=O) groups excluding carboxylic acids is 2. The van der Waals surface area contributed by atoms with Gasteiger partial charge in [-0.2, -0.15) is 4.31 Å². The molecule has 1 heterocycles. The van der Waals surface area contributed by atoms with Crippen LogP contribution in [0.2, 0.25) is 0 Å². The molecule has 29 heavy (non-hydrogen) atoms. The molecule has 1 aromatic carbocycles. The number of nitrogens with one attached hydrogen (secondary N) is 1. The fourth-order valence-corrected chi connectivity index (χ4v) is 4.42. The zero-order valence-electron chi connectivity index (χ0n) is 17.3. The van der Waals surface area contributed by atoms with Gasteiger partial charge in [-0.1, -0.05) is 0 Å². The normalized spacial score (nSPS) is 15.2. The smallest absolute Gasteiger partial charge is 0.258 e. The molecule has 10 heteroatoms. The van der Waals surface area contributed by atoms with Crippen molar-refractivity contribution in [2.75, 3.05) is 46.5 Å². The number of amides is 2. The van der Waals surface area contributed by atoms with Crippen molar-refractivity contribution < 1.29 is 27.5 Å². The van der Waals surface area contributed by atoms with Crippen LogP contribution in [-0.2, 0) is 19.6 Å². The summed E-state index contributed by atoms with van der Waals surface area (Å²) >= 11 is 0. The van der Waals surface area contributed by atoms with Crippen molar-refractivity contribution >= 4 is 21.8 Å². The molecule has 1 aromatic rings. The van der Waals surface area contributed by atoms with Crippen molar-refractivity contribution in [1.29, 1.82) is 0 Å². The molecule has 0 aliphatic carbocycles. The topological polar surface area (TPSA) is 105 Å². The molecule has 0 unspecified atom stereocenters. The summed E-state index contributed by atoms with van der Waals surface area (Å²) in [6, 6.07) is 4.15.